The summed E-state index contributed by atoms with van der Waals surface area (Å²) in [5.74, 6) is -0.00332. The number of benzene rings is 2. The van der Waals surface area contributed by atoms with Crippen molar-refractivity contribution in [1.29, 1.82) is 0 Å². The molecule has 0 spiro atoms. The standard InChI is InChI=1S/C23H19N3O2/c27-22(11-15-10-16-4-1-2-5-19(16)25-14-15)18-7-6-17-12-21-23(28)24-8-3-9-26(21)20(17)13-18/h1-2,4-7,10,12-14H,3,8-9,11H2,(H,24,28). The van der Waals surface area contributed by atoms with Gasteiger partial charge < -0.3 is 9.88 Å². The zero-order valence-electron chi connectivity index (χ0n) is 15.3. The van der Waals surface area contributed by atoms with Gasteiger partial charge in [0.2, 0.25) is 0 Å². The molecule has 1 aliphatic heterocycles. The molecule has 2 aromatic carbocycles. The number of hydrogen-bond donors (Lipinski definition) is 1. The predicted octanol–water partition coefficient (Wildman–Crippen LogP) is 3.75. The fourth-order valence-electron chi connectivity index (χ4n) is 3.89. The van der Waals surface area contributed by atoms with E-state index < -0.39 is 0 Å². The van der Waals surface area contributed by atoms with E-state index in [0.29, 0.717) is 24.2 Å². The summed E-state index contributed by atoms with van der Waals surface area (Å²) < 4.78 is 2.02. The summed E-state index contributed by atoms with van der Waals surface area (Å²) in [6.07, 6.45) is 2.95. The molecule has 0 saturated heterocycles. The van der Waals surface area contributed by atoms with Crippen molar-refractivity contribution >= 4 is 33.5 Å². The molecule has 1 aliphatic rings. The van der Waals surface area contributed by atoms with Crippen LogP contribution >= 0.6 is 0 Å². The van der Waals surface area contributed by atoms with E-state index in [4.69, 9.17) is 0 Å². The Morgan fingerprint density at radius 3 is 2.89 bits per heavy atom. The molecular formula is C23H19N3O2. The van der Waals surface area contributed by atoms with Gasteiger partial charge in [0.05, 0.1) is 5.52 Å². The summed E-state index contributed by atoms with van der Waals surface area (Å²) in [5, 5.41) is 4.93. The van der Waals surface area contributed by atoms with Crippen LogP contribution in [0.3, 0.4) is 0 Å². The Kier molecular flexibility index (Phi) is 3.93. The Morgan fingerprint density at radius 2 is 1.96 bits per heavy atom. The van der Waals surface area contributed by atoms with Gasteiger partial charge in [-0.25, -0.2) is 0 Å². The van der Waals surface area contributed by atoms with Crippen molar-refractivity contribution < 1.29 is 9.59 Å². The molecular weight excluding hydrogens is 350 g/mol. The number of rotatable bonds is 3. The number of hydrogen-bond acceptors (Lipinski definition) is 3. The summed E-state index contributed by atoms with van der Waals surface area (Å²) in [7, 11) is 0. The minimum absolute atomic E-state index is 0.0487. The number of fused-ring (bicyclic) bond motifs is 4. The average molecular weight is 369 g/mol. The molecule has 0 radical (unpaired) electrons. The Morgan fingerprint density at radius 1 is 1.07 bits per heavy atom. The Balaban J connectivity index is 1.48. The highest BCUT2D eigenvalue weighted by atomic mass is 16.2. The second-order valence-corrected chi connectivity index (χ2v) is 7.20. The maximum absolute atomic E-state index is 12.9. The largest absolute Gasteiger partial charge is 0.351 e. The van der Waals surface area contributed by atoms with E-state index in [9.17, 15) is 9.59 Å². The lowest BCUT2D eigenvalue weighted by molar-refractivity contribution is 0.0950. The highest BCUT2D eigenvalue weighted by Crippen LogP contribution is 2.24. The van der Waals surface area contributed by atoms with Gasteiger partial charge in [0.1, 0.15) is 5.69 Å². The summed E-state index contributed by atoms with van der Waals surface area (Å²) in [5.41, 5.74) is 4.09. The Hall–Kier alpha value is -3.47. The van der Waals surface area contributed by atoms with Gasteiger partial charge in [0.15, 0.2) is 5.78 Å². The van der Waals surface area contributed by atoms with Crippen LogP contribution in [0.15, 0.2) is 60.8 Å². The van der Waals surface area contributed by atoms with E-state index in [-0.39, 0.29) is 11.7 Å². The molecule has 4 aromatic rings. The van der Waals surface area contributed by atoms with Crippen LogP contribution in [0.5, 0.6) is 0 Å². The second-order valence-electron chi connectivity index (χ2n) is 7.20. The van der Waals surface area contributed by atoms with Crippen LogP contribution in [-0.4, -0.2) is 27.8 Å². The van der Waals surface area contributed by atoms with Crippen molar-refractivity contribution in [2.75, 3.05) is 6.54 Å². The molecule has 5 heteroatoms. The third kappa shape index (κ3) is 2.85. The fraction of sp³-hybridized carbons (Fsp3) is 0.174. The van der Waals surface area contributed by atoms with Crippen molar-refractivity contribution in [3.05, 3.63) is 77.6 Å². The molecule has 0 bridgehead atoms. The second kappa shape index (κ2) is 6.60. The van der Waals surface area contributed by atoms with Crippen molar-refractivity contribution in [2.45, 2.75) is 19.4 Å². The van der Waals surface area contributed by atoms with E-state index in [1.807, 2.05) is 59.2 Å². The number of para-hydroxylation sites is 1. The van der Waals surface area contributed by atoms with E-state index >= 15 is 0 Å². The Bertz CT molecular complexity index is 1240. The minimum Gasteiger partial charge on any atom is -0.351 e. The van der Waals surface area contributed by atoms with Crippen LogP contribution in [0.4, 0.5) is 0 Å². The molecule has 0 atom stereocenters. The van der Waals surface area contributed by atoms with Gasteiger partial charge in [-0.1, -0.05) is 30.3 Å². The van der Waals surface area contributed by atoms with Crippen molar-refractivity contribution in [2.24, 2.45) is 0 Å². The first-order valence-electron chi connectivity index (χ1n) is 9.47. The first kappa shape index (κ1) is 16.7. The lowest BCUT2D eigenvalue weighted by atomic mass is 10.0. The lowest BCUT2D eigenvalue weighted by Crippen LogP contribution is -2.22. The predicted molar refractivity (Wildman–Crippen MR) is 109 cm³/mol. The highest BCUT2D eigenvalue weighted by molar-refractivity contribution is 6.03. The van der Waals surface area contributed by atoms with Gasteiger partial charge in [-0.2, -0.15) is 0 Å². The van der Waals surface area contributed by atoms with E-state index in [0.717, 1.165) is 40.3 Å². The highest BCUT2D eigenvalue weighted by Gasteiger charge is 2.19. The number of ketones is 1. The maximum atomic E-state index is 12.9. The molecule has 2 aromatic heterocycles. The summed E-state index contributed by atoms with van der Waals surface area (Å²) in [6, 6.07) is 17.5. The van der Waals surface area contributed by atoms with Crippen LogP contribution in [-0.2, 0) is 13.0 Å². The number of pyridine rings is 1. The lowest BCUT2D eigenvalue weighted by Gasteiger charge is -2.07. The molecule has 0 fully saturated rings. The van der Waals surface area contributed by atoms with E-state index in [1.165, 1.54) is 0 Å². The van der Waals surface area contributed by atoms with Gasteiger partial charge in [0.25, 0.3) is 5.91 Å². The Labute approximate surface area is 162 Å². The van der Waals surface area contributed by atoms with Crippen LogP contribution in [0.2, 0.25) is 0 Å². The number of carbonyl (C=O) groups is 2. The minimum atomic E-state index is -0.0520. The van der Waals surface area contributed by atoms with E-state index in [2.05, 4.69) is 10.3 Å². The van der Waals surface area contributed by atoms with Gasteiger partial charge in [-0.05, 0) is 36.2 Å². The van der Waals surface area contributed by atoms with Crippen LogP contribution in [0.1, 0.15) is 32.8 Å². The topological polar surface area (TPSA) is 64.0 Å². The fourth-order valence-corrected chi connectivity index (χ4v) is 3.89. The van der Waals surface area contributed by atoms with Gasteiger partial charge in [-0.15, -0.1) is 0 Å². The smallest absolute Gasteiger partial charge is 0.267 e. The zero-order valence-corrected chi connectivity index (χ0v) is 15.3. The monoisotopic (exact) mass is 369 g/mol. The first-order chi connectivity index (χ1) is 13.7. The molecule has 1 N–H and O–H groups in total. The zero-order chi connectivity index (χ0) is 19.1. The van der Waals surface area contributed by atoms with Crippen LogP contribution in [0.25, 0.3) is 21.8 Å². The van der Waals surface area contributed by atoms with Crippen LogP contribution < -0.4 is 5.32 Å². The van der Waals surface area contributed by atoms with E-state index in [1.54, 1.807) is 6.20 Å². The van der Waals surface area contributed by atoms with Crippen molar-refractivity contribution in [3.63, 3.8) is 0 Å². The van der Waals surface area contributed by atoms with Crippen molar-refractivity contribution in [3.8, 4) is 0 Å². The van der Waals surface area contributed by atoms with Gasteiger partial charge >= 0.3 is 0 Å². The third-order valence-corrected chi connectivity index (χ3v) is 5.31. The number of amides is 1. The normalized spacial score (nSPS) is 13.9. The summed E-state index contributed by atoms with van der Waals surface area (Å²) >= 11 is 0. The van der Waals surface area contributed by atoms with Crippen LogP contribution in [0, 0.1) is 0 Å². The molecule has 5 nitrogen and oxygen atoms in total. The quantitative estimate of drug-likeness (QED) is 0.560. The summed E-state index contributed by atoms with van der Waals surface area (Å²) in [4.78, 5) is 29.6. The third-order valence-electron chi connectivity index (χ3n) is 5.31. The number of Topliss-reactive ketones (excluding diaryl/α,β-unsaturated/α-hetero) is 1. The number of carbonyl (C=O) groups excluding carboxylic acids is 2. The number of nitrogens with zero attached hydrogens (tertiary/aromatic N) is 2. The molecule has 1 amide bonds. The molecule has 3 heterocycles. The van der Waals surface area contributed by atoms with Crippen molar-refractivity contribution in [1.82, 2.24) is 14.9 Å². The molecule has 0 unspecified atom stereocenters. The molecule has 5 rings (SSSR count). The van der Waals surface area contributed by atoms with Gasteiger partial charge in [0, 0.05) is 47.6 Å². The number of aromatic nitrogens is 2. The number of nitrogens with one attached hydrogen (secondary N) is 1. The molecule has 138 valence electrons. The average Bonchev–Trinajstić information content (AvgIpc) is 2.99. The van der Waals surface area contributed by atoms with Gasteiger partial charge in [-0.3, -0.25) is 14.6 Å². The maximum Gasteiger partial charge on any atom is 0.267 e. The summed E-state index contributed by atoms with van der Waals surface area (Å²) in [6.45, 7) is 1.44. The molecule has 28 heavy (non-hydrogen) atoms. The first-order valence-corrected chi connectivity index (χ1v) is 9.47. The molecule has 0 saturated carbocycles. The molecule has 0 aliphatic carbocycles. The SMILES string of the molecule is O=C(Cc1cnc2ccccc2c1)c1ccc2cc3n(c2c1)CCCNC3=O. The number of aryl methyl sites for hydroxylation is 1.